The predicted octanol–water partition coefficient (Wildman–Crippen LogP) is 1.99. The molecule has 0 radical (unpaired) electrons. The zero-order valence-corrected chi connectivity index (χ0v) is 15.4. The molecule has 138 valence electrons. The van der Waals surface area contributed by atoms with Gasteiger partial charge in [-0.05, 0) is 18.2 Å². The Morgan fingerprint density at radius 3 is 2.23 bits per heavy atom. The van der Waals surface area contributed by atoms with Crippen LogP contribution in [0.15, 0.2) is 53.4 Å². The molecule has 7 nitrogen and oxygen atoms in total. The number of nitrogens with zero attached hydrogens (tertiary/aromatic N) is 1. The molecular formula is C18H19NO6S. The molecule has 0 N–H and O–H groups in total. The molecule has 0 unspecified atom stereocenters. The van der Waals surface area contributed by atoms with Crippen LogP contribution >= 0.6 is 0 Å². The van der Waals surface area contributed by atoms with Gasteiger partial charge < -0.3 is 9.47 Å². The van der Waals surface area contributed by atoms with Gasteiger partial charge in [0.2, 0.25) is 10.0 Å². The number of hydrogen-bond donors (Lipinski definition) is 0. The minimum absolute atomic E-state index is 0.00656. The second kappa shape index (κ2) is 8.11. The molecule has 0 fully saturated rings. The lowest BCUT2D eigenvalue weighted by molar-refractivity contribution is 0.0474. The number of sulfonamides is 1. The molecule has 0 amide bonds. The Morgan fingerprint density at radius 2 is 1.65 bits per heavy atom. The fourth-order valence-corrected chi connectivity index (χ4v) is 3.20. The number of hydrogen-bond acceptors (Lipinski definition) is 6. The largest absolute Gasteiger partial charge is 0.495 e. The van der Waals surface area contributed by atoms with Crippen LogP contribution in [0.5, 0.6) is 5.75 Å². The molecule has 0 bridgehead atoms. The third-order valence-corrected chi connectivity index (χ3v) is 5.42. The van der Waals surface area contributed by atoms with E-state index in [2.05, 4.69) is 0 Å². The lowest BCUT2D eigenvalue weighted by Gasteiger charge is -2.15. The van der Waals surface area contributed by atoms with E-state index < -0.39 is 22.6 Å². The quantitative estimate of drug-likeness (QED) is 0.541. The Hall–Kier alpha value is -2.71. The number of Topliss-reactive ketones (excluding diaryl/α,β-unsaturated/α-hetero) is 1. The highest BCUT2D eigenvalue weighted by molar-refractivity contribution is 7.89. The van der Waals surface area contributed by atoms with Gasteiger partial charge in [-0.3, -0.25) is 4.79 Å². The van der Waals surface area contributed by atoms with Crippen LogP contribution < -0.4 is 4.74 Å². The summed E-state index contributed by atoms with van der Waals surface area (Å²) in [5.41, 5.74) is 0.429. The Morgan fingerprint density at radius 1 is 1.00 bits per heavy atom. The van der Waals surface area contributed by atoms with Gasteiger partial charge in [-0.25, -0.2) is 17.5 Å². The van der Waals surface area contributed by atoms with Crippen LogP contribution in [-0.4, -0.2) is 52.3 Å². The molecule has 0 saturated heterocycles. The van der Waals surface area contributed by atoms with Crippen molar-refractivity contribution in [2.75, 3.05) is 27.8 Å². The average Bonchev–Trinajstić information content (AvgIpc) is 2.65. The van der Waals surface area contributed by atoms with Crippen LogP contribution in [0.25, 0.3) is 0 Å². The summed E-state index contributed by atoms with van der Waals surface area (Å²) in [6.45, 7) is -0.440. The maximum Gasteiger partial charge on any atom is 0.338 e. The second-order valence-corrected chi connectivity index (χ2v) is 7.64. The van der Waals surface area contributed by atoms with Gasteiger partial charge in [0.1, 0.15) is 10.6 Å². The minimum atomic E-state index is -3.82. The van der Waals surface area contributed by atoms with Gasteiger partial charge >= 0.3 is 5.97 Å². The van der Waals surface area contributed by atoms with E-state index in [0.717, 1.165) is 4.31 Å². The topological polar surface area (TPSA) is 90.0 Å². The fourth-order valence-electron chi connectivity index (χ4n) is 2.12. The van der Waals surface area contributed by atoms with Gasteiger partial charge in [-0.1, -0.05) is 30.3 Å². The number of ether oxygens (including phenoxy) is 2. The van der Waals surface area contributed by atoms with Crippen LogP contribution in [0.1, 0.15) is 20.7 Å². The first-order chi connectivity index (χ1) is 12.3. The lowest BCUT2D eigenvalue weighted by atomic mass is 10.1. The molecule has 0 spiro atoms. The Balaban J connectivity index is 2.21. The molecule has 2 aromatic rings. The fraction of sp³-hybridized carbons (Fsp3) is 0.222. The van der Waals surface area contributed by atoms with E-state index in [4.69, 9.17) is 9.47 Å². The summed E-state index contributed by atoms with van der Waals surface area (Å²) in [5.74, 6) is -1.05. The van der Waals surface area contributed by atoms with Crippen molar-refractivity contribution in [1.82, 2.24) is 4.31 Å². The molecular weight excluding hydrogens is 358 g/mol. The summed E-state index contributed by atoms with van der Waals surface area (Å²) >= 11 is 0. The number of esters is 1. The van der Waals surface area contributed by atoms with Crippen LogP contribution in [0.4, 0.5) is 0 Å². The van der Waals surface area contributed by atoms with E-state index >= 15 is 0 Å². The molecule has 0 saturated carbocycles. The molecule has 0 aliphatic heterocycles. The summed E-state index contributed by atoms with van der Waals surface area (Å²) in [4.78, 5) is 24.0. The van der Waals surface area contributed by atoms with Crippen molar-refractivity contribution in [3.63, 3.8) is 0 Å². The third kappa shape index (κ3) is 4.27. The van der Waals surface area contributed by atoms with Gasteiger partial charge in [0.05, 0.1) is 12.7 Å². The number of rotatable bonds is 7. The van der Waals surface area contributed by atoms with Crippen LogP contribution in [0.3, 0.4) is 0 Å². The normalized spacial score (nSPS) is 11.2. The van der Waals surface area contributed by atoms with E-state index in [1.54, 1.807) is 30.3 Å². The number of carbonyl (C=O) groups excluding carboxylic acids is 2. The van der Waals surface area contributed by atoms with Crippen molar-refractivity contribution in [3.05, 3.63) is 59.7 Å². The molecule has 0 aliphatic rings. The number of methoxy groups -OCH3 is 1. The van der Waals surface area contributed by atoms with Gasteiger partial charge in [0.25, 0.3) is 0 Å². The first kappa shape index (κ1) is 19.6. The SMILES string of the molecule is COc1ccc(C(=O)OCC(=O)c2ccccc2)cc1S(=O)(=O)N(C)C. The smallest absolute Gasteiger partial charge is 0.338 e. The van der Waals surface area contributed by atoms with E-state index in [1.165, 1.54) is 39.4 Å². The number of ketones is 1. The molecule has 0 atom stereocenters. The highest BCUT2D eigenvalue weighted by atomic mass is 32.2. The monoisotopic (exact) mass is 377 g/mol. The second-order valence-electron chi connectivity index (χ2n) is 5.52. The molecule has 0 heterocycles. The van der Waals surface area contributed by atoms with Crippen LogP contribution in [0.2, 0.25) is 0 Å². The van der Waals surface area contributed by atoms with Gasteiger partial charge in [-0.15, -0.1) is 0 Å². The Kier molecular flexibility index (Phi) is 6.12. The van der Waals surface area contributed by atoms with Gasteiger partial charge in [0, 0.05) is 19.7 Å². The van der Waals surface area contributed by atoms with Crippen molar-refractivity contribution in [2.24, 2.45) is 0 Å². The summed E-state index contributed by atoms with van der Waals surface area (Å²) in [7, 11) is 0.264. The van der Waals surface area contributed by atoms with E-state index in [0.29, 0.717) is 5.56 Å². The third-order valence-electron chi connectivity index (χ3n) is 3.59. The maximum atomic E-state index is 12.4. The Labute approximate surface area is 152 Å². The Bertz CT molecular complexity index is 907. The number of carbonyl (C=O) groups is 2. The summed E-state index contributed by atoms with van der Waals surface area (Å²) in [6.07, 6.45) is 0. The van der Waals surface area contributed by atoms with Crippen molar-refractivity contribution in [1.29, 1.82) is 0 Å². The molecule has 2 rings (SSSR count). The maximum absolute atomic E-state index is 12.4. The highest BCUT2D eigenvalue weighted by Crippen LogP contribution is 2.27. The molecule has 2 aromatic carbocycles. The van der Waals surface area contributed by atoms with E-state index in [1.807, 2.05) is 0 Å². The van der Waals surface area contributed by atoms with E-state index in [9.17, 15) is 18.0 Å². The molecule has 8 heteroatoms. The predicted molar refractivity (Wildman–Crippen MR) is 94.9 cm³/mol. The van der Waals surface area contributed by atoms with E-state index in [-0.39, 0.29) is 22.0 Å². The zero-order valence-electron chi connectivity index (χ0n) is 14.6. The standard InChI is InChI=1S/C18H19NO6S/c1-19(2)26(22,23)17-11-14(9-10-16(17)24-3)18(21)25-12-15(20)13-7-5-4-6-8-13/h4-11H,12H2,1-3H3. The van der Waals surface area contributed by atoms with Crippen molar-refractivity contribution in [3.8, 4) is 5.75 Å². The zero-order chi connectivity index (χ0) is 19.3. The molecule has 26 heavy (non-hydrogen) atoms. The highest BCUT2D eigenvalue weighted by Gasteiger charge is 2.24. The van der Waals surface area contributed by atoms with Gasteiger partial charge in [-0.2, -0.15) is 0 Å². The van der Waals surface area contributed by atoms with Crippen LogP contribution in [0, 0.1) is 0 Å². The summed E-state index contributed by atoms with van der Waals surface area (Å²) in [5, 5.41) is 0. The van der Waals surface area contributed by atoms with Crippen molar-refractivity contribution in [2.45, 2.75) is 4.90 Å². The minimum Gasteiger partial charge on any atom is -0.495 e. The molecule has 0 aliphatic carbocycles. The first-order valence-corrected chi connectivity index (χ1v) is 9.07. The summed E-state index contributed by atoms with van der Waals surface area (Å²) < 4.78 is 35.8. The summed E-state index contributed by atoms with van der Waals surface area (Å²) in [6, 6.07) is 12.3. The van der Waals surface area contributed by atoms with Gasteiger partial charge in [0.15, 0.2) is 12.4 Å². The molecule has 0 aromatic heterocycles. The van der Waals surface area contributed by atoms with Crippen molar-refractivity contribution < 1.29 is 27.5 Å². The average molecular weight is 377 g/mol. The number of benzene rings is 2. The lowest BCUT2D eigenvalue weighted by Crippen LogP contribution is -2.23. The van der Waals surface area contributed by atoms with Crippen molar-refractivity contribution >= 4 is 21.8 Å². The van der Waals surface area contributed by atoms with Crippen LogP contribution in [-0.2, 0) is 14.8 Å². The first-order valence-electron chi connectivity index (χ1n) is 7.63.